The van der Waals surface area contributed by atoms with Gasteiger partial charge in [-0.3, -0.25) is 4.21 Å². The van der Waals surface area contributed by atoms with Crippen LogP contribution >= 0.6 is 0 Å². The van der Waals surface area contributed by atoms with Crippen molar-refractivity contribution in [3.8, 4) is 0 Å². The Morgan fingerprint density at radius 3 is 2.56 bits per heavy atom. The topological polar surface area (TPSA) is 43.1 Å². The molecule has 0 heterocycles. The molecule has 3 unspecified atom stereocenters. The molecule has 1 aliphatic rings. The highest BCUT2D eigenvalue weighted by atomic mass is 32.2. The molecule has 0 bridgehead atoms. The predicted octanol–water partition coefficient (Wildman–Crippen LogP) is 2.83. The lowest BCUT2D eigenvalue weighted by Gasteiger charge is -2.10. The fourth-order valence-electron chi connectivity index (χ4n) is 2.65. The highest BCUT2D eigenvalue weighted by molar-refractivity contribution is 7.85. The first-order valence-electron chi connectivity index (χ1n) is 6.39. The van der Waals surface area contributed by atoms with Crippen LogP contribution in [0.2, 0.25) is 0 Å². The minimum Gasteiger partial charge on any atom is -0.328 e. The molecule has 2 nitrogen and oxygen atoms in total. The average Bonchev–Trinajstić information content (AvgIpc) is 2.84. The molecule has 3 rings (SSSR count). The summed E-state index contributed by atoms with van der Waals surface area (Å²) in [5, 5.41) is 2.59. The Morgan fingerprint density at radius 2 is 1.83 bits per heavy atom. The molecule has 0 aliphatic heterocycles. The summed E-state index contributed by atoms with van der Waals surface area (Å²) < 4.78 is 12.5. The Morgan fingerprint density at radius 1 is 1.06 bits per heavy atom. The molecule has 3 atom stereocenters. The fourth-order valence-corrected chi connectivity index (χ4v) is 4.26. The maximum atomic E-state index is 12.5. The maximum Gasteiger partial charge on any atom is 0.0561 e. The van der Waals surface area contributed by atoms with Crippen LogP contribution in [-0.2, 0) is 10.8 Å². The van der Waals surface area contributed by atoms with Gasteiger partial charge in [-0.25, -0.2) is 0 Å². The number of rotatable bonds is 2. The molecule has 1 saturated carbocycles. The Hall–Kier alpha value is -1.19. The van der Waals surface area contributed by atoms with Gasteiger partial charge in [-0.2, -0.15) is 0 Å². The first-order valence-corrected chi connectivity index (χ1v) is 7.60. The number of hydrogen-bond acceptors (Lipinski definition) is 2. The van der Waals surface area contributed by atoms with Crippen LogP contribution in [0.5, 0.6) is 0 Å². The molecule has 94 valence electrons. The third-order valence-electron chi connectivity index (χ3n) is 3.68. The molecule has 2 aromatic carbocycles. The van der Waals surface area contributed by atoms with Crippen molar-refractivity contribution >= 4 is 21.6 Å². The van der Waals surface area contributed by atoms with Crippen molar-refractivity contribution in [1.29, 1.82) is 0 Å². The lowest BCUT2D eigenvalue weighted by molar-refractivity contribution is 0.664. The number of fused-ring (bicyclic) bond motifs is 1. The van der Waals surface area contributed by atoms with Gasteiger partial charge in [0.2, 0.25) is 0 Å². The number of benzene rings is 2. The van der Waals surface area contributed by atoms with Crippen LogP contribution in [0, 0.1) is 0 Å². The standard InChI is InChI=1S/C15H17NOS/c16-13-6-8-15(10-13)18(17)14-7-5-11-3-1-2-4-12(11)9-14/h1-5,7,9,13,15H,6,8,10,16H2. The van der Waals surface area contributed by atoms with E-state index in [9.17, 15) is 4.21 Å². The Balaban J connectivity index is 1.92. The summed E-state index contributed by atoms with van der Waals surface area (Å²) in [7, 11) is -0.915. The monoisotopic (exact) mass is 259 g/mol. The maximum absolute atomic E-state index is 12.5. The second-order valence-corrected chi connectivity index (χ2v) is 6.73. The molecule has 18 heavy (non-hydrogen) atoms. The minimum atomic E-state index is -0.915. The zero-order valence-electron chi connectivity index (χ0n) is 10.2. The Bertz CT molecular complexity index is 596. The van der Waals surface area contributed by atoms with Crippen LogP contribution in [0.1, 0.15) is 19.3 Å². The van der Waals surface area contributed by atoms with Gasteiger partial charge in [0.05, 0.1) is 10.8 Å². The van der Waals surface area contributed by atoms with E-state index in [1.165, 1.54) is 5.39 Å². The quantitative estimate of drug-likeness (QED) is 0.901. The summed E-state index contributed by atoms with van der Waals surface area (Å²) in [5.41, 5.74) is 5.90. The van der Waals surface area contributed by atoms with Crippen LogP contribution in [0.25, 0.3) is 10.8 Å². The van der Waals surface area contributed by atoms with Crippen LogP contribution < -0.4 is 5.73 Å². The lowest BCUT2D eigenvalue weighted by Crippen LogP contribution is -2.18. The molecule has 0 aromatic heterocycles. The fraction of sp³-hybridized carbons (Fsp3) is 0.333. The van der Waals surface area contributed by atoms with E-state index in [-0.39, 0.29) is 11.3 Å². The molecular formula is C15H17NOS. The summed E-state index contributed by atoms with van der Waals surface area (Å²) in [4.78, 5) is 0.938. The van der Waals surface area contributed by atoms with Gasteiger partial charge >= 0.3 is 0 Å². The second-order valence-electron chi connectivity index (χ2n) is 5.00. The minimum absolute atomic E-state index is 0.236. The van der Waals surface area contributed by atoms with Gasteiger partial charge < -0.3 is 5.73 Å². The summed E-state index contributed by atoms with van der Waals surface area (Å²) in [6.45, 7) is 0. The third-order valence-corrected chi connectivity index (χ3v) is 5.43. The average molecular weight is 259 g/mol. The van der Waals surface area contributed by atoms with Gasteiger partial charge in [-0.05, 0) is 42.2 Å². The molecule has 3 heteroatoms. The van der Waals surface area contributed by atoms with E-state index in [0.29, 0.717) is 0 Å². The molecule has 2 aromatic rings. The zero-order valence-corrected chi connectivity index (χ0v) is 11.0. The lowest BCUT2D eigenvalue weighted by atomic mass is 10.1. The zero-order chi connectivity index (χ0) is 12.5. The summed E-state index contributed by atoms with van der Waals surface area (Å²) in [6.07, 6.45) is 2.88. The van der Waals surface area contributed by atoms with E-state index in [0.717, 1.165) is 29.5 Å². The Labute approximate surface area is 110 Å². The molecule has 0 radical (unpaired) electrons. The van der Waals surface area contributed by atoms with Gasteiger partial charge in [0, 0.05) is 16.2 Å². The van der Waals surface area contributed by atoms with E-state index in [1.807, 2.05) is 18.2 Å². The second kappa shape index (κ2) is 4.82. The molecule has 0 saturated heterocycles. The predicted molar refractivity (Wildman–Crippen MR) is 76.0 cm³/mol. The van der Waals surface area contributed by atoms with Gasteiger partial charge in [-0.1, -0.05) is 30.3 Å². The van der Waals surface area contributed by atoms with Gasteiger partial charge in [0.1, 0.15) is 0 Å². The third kappa shape index (κ3) is 2.20. The molecule has 0 spiro atoms. The van der Waals surface area contributed by atoms with Crippen molar-refractivity contribution in [2.75, 3.05) is 0 Å². The van der Waals surface area contributed by atoms with Crippen molar-refractivity contribution in [2.45, 2.75) is 35.4 Å². The van der Waals surface area contributed by atoms with Crippen molar-refractivity contribution in [3.05, 3.63) is 42.5 Å². The van der Waals surface area contributed by atoms with Crippen molar-refractivity contribution in [1.82, 2.24) is 0 Å². The van der Waals surface area contributed by atoms with Gasteiger partial charge in [0.15, 0.2) is 0 Å². The van der Waals surface area contributed by atoms with Crippen LogP contribution in [-0.4, -0.2) is 15.5 Å². The SMILES string of the molecule is NC1CCC(S(=O)c2ccc3ccccc3c2)C1. The van der Waals surface area contributed by atoms with Crippen molar-refractivity contribution in [2.24, 2.45) is 5.73 Å². The smallest absolute Gasteiger partial charge is 0.0561 e. The van der Waals surface area contributed by atoms with E-state index in [4.69, 9.17) is 5.73 Å². The van der Waals surface area contributed by atoms with E-state index in [1.54, 1.807) is 0 Å². The first kappa shape index (κ1) is 11.9. The number of hydrogen-bond donors (Lipinski definition) is 1. The molecular weight excluding hydrogens is 242 g/mol. The van der Waals surface area contributed by atoms with E-state index >= 15 is 0 Å². The highest BCUT2D eigenvalue weighted by Gasteiger charge is 2.27. The van der Waals surface area contributed by atoms with Crippen molar-refractivity contribution < 1.29 is 4.21 Å². The molecule has 1 aliphatic carbocycles. The normalized spacial score (nSPS) is 25.4. The van der Waals surface area contributed by atoms with Gasteiger partial charge in [-0.15, -0.1) is 0 Å². The van der Waals surface area contributed by atoms with Gasteiger partial charge in [0.25, 0.3) is 0 Å². The largest absolute Gasteiger partial charge is 0.328 e. The molecule has 2 N–H and O–H groups in total. The summed E-state index contributed by atoms with van der Waals surface area (Å²) >= 11 is 0. The van der Waals surface area contributed by atoms with E-state index in [2.05, 4.69) is 24.3 Å². The van der Waals surface area contributed by atoms with Crippen LogP contribution in [0.15, 0.2) is 47.4 Å². The number of nitrogens with two attached hydrogens (primary N) is 1. The Kier molecular flexibility index (Phi) is 3.18. The van der Waals surface area contributed by atoms with E-state index < -0.39 is 10.8 Å². The highest BCUT2D eigenvalue weighted by Crippen LogP contribution is 2.27. The van der Waals surface area contributed by atoms with Crippen molar-refractivity contribution in [3.63, 3.8) is 0 Å². The van der Waals surface area contributed by atoms with Crippen LogP contribution in [0.3, 0.4) is 0 Å². The summed E-state index contributed by atoms with van der Waals surface area (Å²) in [5.74, 6) is 0. The van der Waals surface area contributed by atoms with Crippen LogP contribution in [0.4, 0.5) is 0 Å². The molecule has 1 fully saturated rings. The molecule has 0 amide bonds. The summed E-state index contributed by atoms with van der Waals surface area (Å²) in [6, 6.07) is 14.5. The first-order chi connectivity index (χ1) is 8.74.